The molecule has 0 aliphatic carbocycles. The van der Waals surface area contributed by atoms with E-state index in [-0.39, 0.29) is 0 Å². The van der Waals surface area contributed by atoms with Gasteiger partial charge in [0.05, 0.1) is 6.54 Å². The molecule has 0 spiro atoms. The molecule has 1 aromatic heterocycles. The Hall–Kier alpha value is -1.55. The molecule has 17 heavy (non-hydrogen) atoms. The van der Waals surface area contributed by atoms with Gasteiger partial charge in [-0.3, -0.25) is 4.90 Å². The van der Waals surface area contributed by atoms with Crippen LogP contribution in [0.2, 0.25) is 0 Å². The molecule has 1 unspecified atom stereocenters. The summed E-state index contributed by atoms with van der Waals surface area (Å²) >= 11 is 0. The van der Waals surface area contributed by atoms with E-state index in [1.54, 1.807) is 0 Å². The molecule has 0 amide bonds. The van der Waals surface area contributed by atoms with Gasteiger partial charge >= 0.3 is 0 Å². The van der Waals surface area contributed by atoms with Crippen LogP contribution in [-0.2, 0) is 6.54 Å². The summed E-state index contributed by atoms with van der Waals surface area (Å²) in [6, 6.07) is 6.22. The Morgan fingerprint density at radius 1 is 1.53 bits per heavy atom. The summed E-state index contributed by atoms with van der Waals surface area (Å²) in [7, 11) is 0. The molecule has 2 aromatic rings. The quantitative estimate of drug-likeness (QED) is 0.806. The van der Waals surface area contributed by atoms with Crippen molar-refractivity contribution in [2.45, 2.75) is 32.4 Å². The fraction of sp³-hybridized carbons (Fsp3) is 0.462. The molecule has 1 aliphatic rings. The number of rotatable bonds is 2. The molecular weight excluding hydrogens is 214 g/mol. The fourth-order valence-electron chi connectivity index (χ4n) is 2.46. The van der Waals surface area contributed by atoms with Crippen LogP contribution >= 0.6 is 0 Å². The highest BCUT2D eigenvalue weighted by Gasteiger charge is 2.22. The Labute approximate surface area is 100 Å². The zero-order valence-corrected chi connectivity index (χ0v) is 10.0. The summed E-state index contributed by atoms with van der Waals surface area (Å²) in [6.45, 7) is 4.20. The minimum absolute atomic E-state index is 0.634. The summed E-state index contributed by atoms with van der Waals surface area (Å²) in [6.07, 6.45) is 2.54. The van der Waals surface area contributed by atoms with Crippen LogP contribution in [0.5, 0.6) is 0 Å². The zero-order chi connectivity index (χ0) is 11.8. The third-order valence-corrected chi connectivity index (χ3v) is 3.48. The summed E-state index contributed by atoms with van der Waals surface area (Å²) in [4.78, 5) is 6.89. The number of nitrogens with zero attached hydrogens (tertiary/aromatic N) is 2. The van der Waals surface area contributed by atoms with Gasteiger partial charge in [0.25, 0.3) is 0 Å². The number of hydrogen-bond acceptors (Lipinski definition) is 4. The number of aromatic nitrogens is 1. The van der Waals surface area contributed by atoms with Crippen molar-refractivity contribution in [3.63, 3.8) is 0 Å². The van der Waals surface area contributed by atoms with Crippen molar-refractivity contribution >= 4 is 16.8 Å². The molecule has 0 saturated carbocycles. The second kappa shape index (κ2) is 4.04. The third kappa shape index (κ3) is 2.00. The Bertz CT molecular complexity index is 534. The first-order chi connectivity index (χ1) is 8.22. The van der Waals surface area contributed by atoms with Crippen molar-refractivity contribution in [2.75, 3.05) is 12.3 Å². The SMILES string of the molecule is CC1CCCN1Cc1nc2cc(N)ccc2o1. The number of oxazole rings is 1. The van der Waals surface area contributed by atoms with Crippen LogP contribution in [0.15, 0.2) is 22.6 Å². The average molecular weight is 231 g/mol. The van der Waals surface area contributed by atoms with Gasteiger partial charge in [-0.2, -0.15) is 0 Å². The van der Waals surface area contributed by atoms with Crippen LogP contribution in [0.1, 0.15) is 25.7 Å². The average Bonchev–Trinajstić information content (AvgIpc) is 2.85. The summed E-state index contributed by atoms with van der Waals surface area (Å²) < 4.78 is 5.72. The molecule has 1 atom stereocenters. The van der Waals surface area contributed by atoms with Gasteiger partial charge in [0.2, 0.25) is 5.89 Å². The van der Waals surface area contributed by atoms with E-state index in [1.807, 2.05) is 18.2 Å². The van der Waals surface area contributed by atoms with Crippen molar-refractivity contribution in [1.29, 1.82) is 0 Å². The number of benzene rings is 1. The fourth-order valence-corrected chi connectivity index (χ4v) is 2.46. The predicted molar refractivity (Wildman–Crippen MR) is 67.5 cm³/mol. The van der Waals surface area contributed by atoms with E-state index in [2.05, 4.69) is 16.8 Å². The molecule has 0 radical (unpaired) electrons. The van der Waals surface area contributed by atoms with E-state index < -0.39 is 0 Å². The van der Waals surface area contributed by atoms with Gasteiger partial charge in [-0.05, 0) is 44.5 Å². The zero-order valence-electron chi connectivity index (χ0n) is 10.0. The lowest BCUT2D eigenvalue weighted by Gasteiger charge is -2.18. The molecule has 2 N–H and O–H groups in total. The molecular formula is C13H17N3O. The number of anilines is 1. The van der Waals surface area contributed by atoms with E-state index in [1.165, 1.54) is 12.8 Å². The van der Waals surface area contributed by atoms with Gasteiger partial charge in [-0.1, -0.05) is 0 Å². The number of fused-ring (bicyclic) bond motifs is 1. The van der Waals surface area contributed by atoms with Gasteiger partial charge in [0.1, 0.15) is 5.52 Å². The minimum atomic E-state index is 0.634. The Morgan fingerprint density at radius 3 is 3.18 bits per heavy atom. The van der Waals surface area contributed by atoms with Gasteiger partial charge in [-0.25, -0.2) is 4.98 Å². The van der Waals surface area contributed by atoms with Crippen molar-refractivity contribution in [2.24, 2.45) is 0 Å². The molecule has 1 aliphatic heterocycles. The smallest absolute Gasteiger partial charge is 0.209 e. The Morgan fingerprint density at radius 2 is 2.41 bits per heavy atom. The van der Waals surface area contributed by atoms with Gasteiger partial charge in [0, 0.05) is 11.7 Å². The number of likely N-dealkylation sites (tertiary alicyclic amines) is 1. The minimum Gasteiger partial charge on any atom is -0.439 e. The van der Waals surface area contributed by atoms with Crippen molar-refractivity contribution in [3.8, 4) is 0 Å². The first-order valence-electron chi connectivity index (χ1n) is 6.11. The van der Waals surface area contributed by atoms with Crippen molar-refractivity contribution in [3.05, 3.63) is 24.1 Å². The second-order valence-electron chi connectivity index (χ2n) is 4.80. The van der Waals surface area contributed by atoms with Crippen LogP contribution < -0.4 is 5.73 Å². The Balaban J connectivity index is 1.85. The Kier molecular flexibility index (Phi) is 2.52. The van der Waals surface area contributed by atoms with E-state index in [9.17, 15) is 0 Å². The molecule has 1 saturated heterocycles. The lowest BCUT2D eigenvalue weighted by atomic mass is 10.2. The largest absolute Gasteiger partial charge is 0.439 e. The van der Waals surface area contributed by atoms with Gasteiger partial charge < -0.3 is 10.2 Å². The maximum absolute atomic E-state index is 5.73. The number of nitrogen functional groups attached to an aromatic ring is 1. The van der Waals surface area contributed by atoms with Crippen LogP contribution in [-0.4, -0.2) is 22.5 Å². The number of nitrogens with two attached hydrogens (primary N) is 1. The van der Waals surface area contributed by atoms with E-state index in [0.717, 1.165) is 35.8 Å². The topological polar surface area (TPSA) is 55.3 Å². The lowest BCUT2D eigenvalue weighted by molar-refractivity contribution is 0.236. The van der Waals surface area contributed by atoms with Gasteiger partial charge in [-0.15, -0.1) is 0 Å². The maximum atomic E-state index is 5.73. The molecule has 4 nitrogen and oxygen atoms in total. The van der Waals surface area contributed by atoms with Gasteiger partial charge in [0.15, 0.2) is 5.58 Å². The van der Waals surface area contributed by atoms with E-state index in [0.29, 0.717) is 6.04 Å². The van der Waals surface area contributed by atoms with Crippen LogP contribution in [0, 0.1) is 0 Å². The highest BCUT2D eigenvalue weighted by atomic mass is 16.3. The molecule has 4 heteroatoms. The molecule has 90 valence electrons. The normalized spacial score (nSPS) is 21.4. The molecule has 1 fully saturated rings. The summed E-state index contributed by atoms with van der Waals surface area (Å²) in [5.41, 5.74) is 8.13. The third-order valence-electron chi connectivity index (χ3n) is 3.48. The summed E-state index contributed by atoms with van der Waals surface area (Å²) in [5.74, 6) is 0.791. The highest BCUT2D eigenvalue weighted by Crippen LogP contribution is 2.22. The molecule has 0 bridgehead atoms. The van der Waals surface area contributed by atoms with Crippen LogP contribution in [0.4, 0.5) is 5.69 Å². The molecule has 3 rings (SSSR count). The standard InChI is InChI=1S/C13H17N3O/c1-9-3-2-6-16(9)8-13-15-11-7-10(14)4-5-12(11)17-13/h4-5,7,9H,2-3,6,8,14H2,1H3. The first-order valence-corrected chi connectivity index (χ1v) is 6.11. The molecule has 1 aromatic carbocycles. The molecule has 2 heterocycles. The van der Waals surface area contributed by atoms with E-state index in [4.69, 9.17) is 10.2 Å². The van der Waals surface area contributed by atoms with Crippen LogP contribution in [0.25, 0.3) is 11.1 Å². The first kappa shape index (κ1) is 10.6. The van der Waals surface area contributed by atoms with Crippen molar-refractivity contribution < 1.29 is 4.42 Å². The second-order valence-corrected chi connectivity index (χ2v) is 4.80. The number of hydrogen-bond donors (Lipinski definition) is 1. The highest BCUT2D eigenvalue weighted by molar-refractivity contribution is 5.76. The summed E-state index contributed by atoms with van der Waals surface area (Å²) in [5, 5.41) is 0. The monoisotopic (exact) mass is 231 g/mol. The lowest BCUT2D eigenvalue weighted by Crippen LogP contribution is -2.26. The predicted octanol–water partition coefficient (Wildman–Crippen LogP) is 2.39. The van der Waals surface area contributed by atoms with Crippen molar-refractivity contribution in [1.82, 2.24) is 9.88 Å². The maximum Gasteiger partial charge on any atom is 0.209 e. The van der Waals surface area contributed by atoms with Crippen LogP contribution in [0.3, 0.4) is 0 Å². The van der Waals surface area contributed by atoms with E-state index >= 15 is 0 Å².